The van der Waals surface area contributed by atoms with Gasteiger partial charge in [-0.05, 0) is 31.0 Å². The second-order valence-electron chi connectivity index (χ2n) is 3.10. The Kier molecular flexibility index (Phi) is 3.91. The number of aryl methyl sites for hydroxylation is 1. The summed E-state index contributed by atoms with van der Waals surface area (Å²) >= 11 is 0. The highest BCUT2D eigenvalue weighted by Gasteiger charge is 2.25. The van der Waals surface area contributed by atoms with E-state index < -0.39 is 7.82 Å². The molecule has 0 aliphatic heterocycles. The van der Waals surface area contributed by atoms with Crippen molar-refractivity contribution in [3.05, 3.63) is 29.3 Å². The normalized spacial score (nSPS) is 11.5. The maximum Gasteiger partial charge on any atom is 0.529 e. The molecule has 0 atom stereocenters. The van der Waals surface area contributed by atoms with E-state index in [4.69, 9.17) is 13.6 Å². The van der Waals surface area contributed by atoms with Gasteiger partial charge in [0.25, 0.3) is 0 Å². The van der Waals surface area contributed by atoms with E-state index in [0.29, 0.717) is 5.75 Å². The second kappa shape index (κ2) is 4.79. The molecule has 0 amide bonds. The van der Waals surface area contributed by atoms with Crippen LogP contribution in [0, 0.1) is 13.8 Å². The molecule has 0 bridgehead atoms. The third kappa shape index (κ3) is 2.81. The Labute approximate surface area is 89.8 Å². The summed E-state index contributed by atoms with van der Waals surface area (Å²) in [6, 6.07) is 5.51. The van der Waals surface area contributed by atoms with Gasteiger partial charge < -0.3 is 4.52 Å². The molecular weight excluding hydrogens is 215 g/mol. The summed E-state index contributed by atoms with van der Waals surface area (Å²) in [6.07, 6.45) is 0. The lowest BCUT2D eigenvalue weighted by molar-refractivity contribution is 0.210. The maximum absolute atomic E-state index is 11.7. The molecule has 0 N–H and O–H groups in total. The van der Waals surface area contributed by atoms with Crippen LogP contribution in [0.3, 0.4) is 0 Å². The highest BCUT2D eigenvalue weighted by molar-refractivity contribution is 7.48. The molecule has 0 aliphatic carbocycles. The summed E-state index contributed by atoms with van der Waals surface area (Å²) in [5.74, 6) is 0.516. The Balaban J connectivity index is 2.99. The first kappa shape index (κ1) is 12.2. The van der Waals surface area contributed by atoms with Crippen molar-refractivity contribution >= 4 is 7.82 Å². The number of phosphoric acid groups is 1. The van der Waals surface area contributed by atoms with Gasteiger partial charge in [0.2, 0.25) is 0 Å². The topological polar surface area (TPSA) is 44.8 Å². The number of phosphoric ester groups is 1. The lowest BCUT2D eigenvalue weighted by atomic mass is 10.1. The van der Waals surface area contributed by atoms with Gasteiger partial charge in [0.1, 0.15) is 5.75 Å². The number of hydrogen-bond acceptors (Lipinski definition) is 4. The van der Waals surface area contributed by atoms with Gasteiger partial charge in [0, 0.05) is 14.2 Å². The van der Waals surface area contributed by atoms with Crippen LogP contribution < -0.4 is 4.52 Å². The summed E-state index contributed by atoms with van der Waals surface area (Å²) in [6.45, 7) is 3.84. The van der Waals surface area contributed by atoms with Crippen LogP contribution in [0.4, 0.5) is 0 Å². The molecule has 4 nitrogen and oxygen atoms in total. The van der Waals surface area contributed by atoms with Gasteiger partial charge in [0.15, 0.2) is 0 Å². The largest absolute Gasteiger partial charge is 0.529 e. The zero-order valence-corrected chi connectivity index (χ0v) is 10.2. The molecule has 0 saturated heterocycles. The van der Waals surface area contributed by atoms with Crippen LogP contribution in [0.15, 0.2) is 18.2 Å². The Morgan fingerprint density at radius 2 is 1.73 bits per heavy atom. The smallest absolute Gasteiger partial charge is 0.404 e. The SMILES string of the molecule is COP(=O)(OC)Oc1cccc(C)c1C. The van der Waals surface area contributed by atoms with Crippen molar-refractivity contribution in [2.24, 2.45) is 0 Å². The fraction of sp³-hybridized carbons (Fsp3) is 0.400. The third-order valence-corrected chi connectivity index (χ3v) is 3.53. The van der Waals surface area contributed by atoms with E-state index in [2.05, 4.69) is 0 Å². The molecule has 0 aliphatic rings. The quantitative estimate of drug-likeness (QED) is 0.745. The summed E-state index contributed by atoms with van der Waals surface area (Å²) in [5.41, 5.74) is 1.98. The lowest BCUT2D eigenvalue weighted by Crippen LogP contribution is -1.99. The second-order valence-corrected chi connectivity index (χ2v) is 4.91. The summed E-state index contributed by atoms with van der Waals surface area (Å²) in [4.78, 5) is 0. The van der Waals surface area contributed by atoms with Crippen molar-refractivity contribution < 1.29 is 18.1 Å². The van der Waals surface area contributed by atoms with Gasteiger partial charge in [-0.1, -0.05) is 12.1 Å². The first-order chi connectivity index (χ1) is 7.02. The molecule has 0 heterocycles. The maximum atomic E-state index is 11.7. The van der Waals surface area contributed by atoms with Crippen LogP contribution in [0.2, 0.25) is 0 Å². The van der Waals surface area contributed by atoms with E-state index in [-0.39, 0.29) is 0 Å². The minimum absolute atomic E-state index is 0.516. The molecule has 0 aromatic heterocycles. The molecule has 0 saturated carbocycles. The molecule has 15 heavy (non-hydrogen) atoms. The summed E-state index contributed by atoms with van der Waals surface area (Å²) in [5, 5.41) is 0. The fourth-order valence-electron chi connectivity index (χ4n) is 1.09. The Morgan fingerprint density at radius 1 is 1.13 bits per heavy atom. The molecule has 0 spiro atoms. The van der Waals surface area contributed by atoms with Crippen molar-refractivity contribution in [2.45, 2.75) is 13.8 Å². The number of benzene rings is 1. The van der Waals surface area contributed by atoms with E-state index in [1.54, 1.807) is 6.07 Å². The predicted molar refractivity (Wildman–Crippen MR) is 58.2 cm³/mol. The van der Waals surface area contributed by atoms with Gasteiger partial charge in [-0.25, -0.2) is 4.57 Å². The zero-order valence-electron chi connectivity index (χ0n) is 9.31. The van der Waals surface area contributed by atoms with Crippen LogP contribution in [0.5, 0.6) is 5.75 Å². The highest BCUT2D eigenvalue weighted by atomic mass is 31.2. The van der Waals surface area contributed by atoms with Crippen molar-refractivity contribution in [2.75, 3.05) is 14.2 Å². The lowest BCUT2D eigenvalue weighted by Gasteiger charge is -2.16. The van der Waals surface area contributed by atoms with Crippen molar-refractivity contribution in [3.63, 3.8) is 0 Å². The molecule has 5 heteroatoms. The van der Waals surface area contributed by atoms with Crippen LogP contribution in [-0.4, -0.2) is 14.2 Å². The standard InChI is InChI=1S/C10H15O4P/c1-8-6-5-7-10(9(8)2)14-15(11,12-3)13-4/h5-7H,1-4H3. The number of rotatable bonds is 4. The molecule has 0 fully saturated rings. The van der Waals surface area contributed by atoms with Crippen LogP contribution >= 0.6 is 7.82 Å². The minimum atomic E-state index is -3.45. The van der Waals surface area contributed by atoms with Gasteiger partial charge in [-0.3, -0.25) is 9.05 Å². The van der Waals surface area contributed by atoms with Crippen molar-refractivity contribution in [1.82, 2.24) is 0 Å². The summed E-state index contributed by atoms with van der Waals surface area (Å²) in [7, 11) is -0.876. The average molecular weight is 230 g/mol. The fourth-order valence-corrected chi connectivity index (χ4v) is 1.83. The molecule has 0 radical (unpaired) electrons. The predicted octanol–water partition coefficient (Wildman–Crippen LogP) is 3.08. The van der Waals surface area contributed by atoms with E-state index in [0.717, 1.165) is 11.1 Å². The monoisotopic (exact) mass is 230 g/mol. The molecule has 1 aromatic carbocycles. The first-order valence-electron chi connectivity index (χ1n) is 4.49. The molecule has 84 valence electrons. The molecule has 1 rings (SSSR count). The Morgan fingerprint density at radius 3 is 2.27 bits per heavy atom. The molecule has 0 unspecified atom stereocenters. The van der Waals surface area contributed by atoms with Crippen LogP contribution in [0.1, 0.15) is 11.1 Å². The zero-order chi connectivity index (χ0) is 11.5. The van der Waals surface area contributed by atoms with Gasteiger partial charge in [0.05, 0.1) is 0 Å². The number of hydrogen-bond donors (Lipinski definition) is 0. The van der Waals surface area contributed by atoms with Gasteiger partial charge >= 0.3 is 7.82 Å². The Bertz CT molecular complexity index is 381. The van der Waals surface area contributed by atoms with Crippen molar-refractivity contribution in [1.29, 1.82) is 0 Å². The summed E-state index contributed by atoms with van der Waals surface area (Å²) < 4.78 is 26.3. The van der Waals surface area contributed by atoms with E-state index >= 15 is 0 Å². The van der Waals surface area contributed by atoms with Gasteiger partial charge in [-0.2, -0.15) is 0 Å². The molecular formula is C10H15O4P. The van der Waals surface area contributed by atoms with Gasteiger partial charge in [-0.15, -0.1) is 0 Å². The minimum Gasteiger partial charge on any atom is -0.404 e. The van der Waals surface area contributed by atoms with E-state index in [1.807, 2.05) is 26.0 Å². The van der Waals surface area contributed by atoms with E-state index in [1.165, 1.54) is 14.2 Å². The average Bonchev–Trinajstić information content (AvgIpc) is 2.25. The van der Waals surface area contributed by atoms with Crippen LogP contribution in [0.25, 0.3) is 0 Å². The first-order valence-corrected chi connectivity index (χ1v) is 5.96. The molecule has 1 aromatic rings. The Hall–Kier alpha value is -0.830. The third-order valence-electron chi connectivity index (χ3n) is 2.21. The van der Waals surface area contributed by atoms with Crippen LogP contribution in [-0.2, 0) is 13.6 Å². The highest BCUT2D eigenvalue weighted by Crippen LogP contribution is 2.48. The van der Waals surface area contributed by atoms with Crippen molar-refractivity contribution in [3.8, 4) is 5.75 Å². The van der Waals surface area contributed by atoms with E-state index in [9.17, 15) is 4.57 Å².